The molecule has 2 aromatic rings. The van der Waals surface area contributed by atoms with Crippen LogP contribution < -0.4 is 0 Å². The lowest BCUT2D eigenvalue weighted by atomic mass is 10.1. The van der Waals surface area contributed by atoms with Crippen LogP contribution in [0.1, 0.15) is 29.6 Å². The third-order valence-electron chi connectivity index (χ3n) is 3.05. The molecule has 0 saturated heterocycles. The van der Waals surface area contributed by atoms with Gasteiger partial charge in [0.15, 0.2) is 0 Å². The quantitative estimate of drug-likeness (QED) is 0.561. The Hall–Kier alpha value is -2.09. The third-order valence-corrected chi connectivity index (χ3v) is 3.05. The number of hydrogen-bond donors (Lipinski definition) is 0. The van der Waals surface area contributed by atoms with Crippen LogP contribution in [0.25, 0.3) is 0 Å². The van der Waals surface area contributed by atoms with Gasteiger partial charge in [0, 0.05) is 12.4 Å². The van der Waals surface area contributed by atoms with E-state index in [4.69, 9.17) is 0 Å². The van der Waals surface area contributed by atoms with Gasteiger partial charge in [-0.2, -0.15) is 0 Å². The number of carbonyl (C=O) groups excluding carboxylic acids is 1. The number of nitrogens with zero attached hydrogens (tertiary/aromatic N) is 1. The number of aryl methyl sites for hydroxylation is 1. The van der Waals surface area contributed by atoms with E-state index in [1.54, 1.807) is 23.0 Å². The molecule has 1 aromatic carbocycles. The highest BCUT2D eigenvalue weighted by Crippen LogP contribution is 2.06. The topological polar surface area (TPSA) is 22.0 Å². The molecule has 0 amide bonds. The monoisotopic (exact) mass is 253 g/mol. The van der Waals surface area contributed by atoms with Gasteiger partial charge in [-0.25, -0.2) is 0 Å². The maximum atomic E-state index is 11.6. The average molecular weight is 253 g/mol. The van der Waals surface area contributed by atoms with Crippen LogP contribution in [0.5, 0.6) is 0 Å². The number of unbranched alkanes of at least 4 members (excludes halogenated alkanes) is 2. The largest absolute Gasteiger partial charge is 0.291 e. The summed E-state index contributed by atoms with van der Waals surface area (Å²) in [4.78, 5) is 11.6. The molecule has 98 valence electrons. The van der Waals surface area contributed by atoms with Crippen LogP contribution in [0.3, 0.4) is 0 Å². The predicted octanol–water partition coefficient (Wildman–Crippen LogP) is 4.10. The lowest BCUT2D eigenvalue weighted by molar-refractivity contribution is 0.0969. The van der Waals surface area contributed by atoms with Crippen LogP contribution in [0.2, 0.25) is 0 Å². The van der Waals surface area contributed by atoms with Crippen molar-refractivity contribution in [3.8, 4) is 0 Å². The van der Waals surface area contributed by atoms with Crippen LogP contribution in [-0.4, -0.2) is 10.5 Å². The zero-order chi connectivity index (χ0) is 13.3. The second-order valence-corrected chi connectivity index (χ2v) is 4.56. The highest BCUT2D eigenvalue weighted by molar-refractivity contribution is 5.89. The summed E-state index contributed by atoms with van der Waals surface area (Å²) in [5.74, 6) is 0.0214. The molecule has 0 spiro atoms. The molecule has 0 atom stereocenters. The molecule has 0 fully saturated rings. The first kappa shape index (κ1) is 13.3. The van der Waals surface area contributed by atoms with Gasteiger partial charge < -0.3 is 0 Å². The molecule has 2 rings (SSSR count). The third kappa shape index (κ3) is 4.59. The van der Waals surface area contributed by atoms with Crippen molar-refractivity contribution in [2.45, 2.75) is 25.7 Å². The Kier molecular flexibility index (Phi) is 5.17. The standard InChI is InChI=1S/C17H19NO/c19-17(18-14-8-9-15-18)13-7-2-1-4-10-16-11-5-3-6-12-16/h3,5-9,11-15H,1-2,4,10H2/b13-7+. The first-order chi connectivity index (χ1) is 9.36. The molecule has 0 aliphatic rings. The Balaban J connectivity index is 1.63. The van der Waals surface area contributed by atoms with E-state index in [-0.39, 0.29) is 5.91 Å². The van der Waals surface area contributed by atoms with E-state index in [0.29, 0.717) is 0 Å². The van der Waals surface area contributed by atoms with E-state index in [1.165, 1.54) is 5.56 Å². The van der Waals surface area contributed by atoms with Crippen molar-refractivity contribution in [1.82, 2.24) is 4.57 Å². The first-order valence-corrected chi connectivity index (χ1v) is 6.74. The zero-order valence-electron chi connectivity index (χ0n) is 11.0. The Morgan fingerprint density at radius 2 is 1.74 bits per heavy atom. The van der Waals surface area contributed by atoms with Crippen molar-refractivity contribution in [3.05, 3.63) is 72.6 Å². The van der Waals surface area contributed by atoms with E-state index in [9.17, 15) is 4.79 Å². The second kappa shape index (κ2) is 7.37. The van der Waals surface area contributed by atoms with Gasteiger partial charge in [0.2, 0.25) is 0 Å². The molecule has 0 bridgehead atoms. The summed E-state index contributed by atoms with van der Waals surface area (Å²) in [7, 11) is 0. The number of hydrogen-bond acceptors (Lipinski definition) is 1. The summed E-state index contributed by atoms with van der Waals surface area (Å²) in [5.41, 5.74) is 1.38. The van der Waals surface area contributed by atoms with Crippen molar-refractivity contribution in [1.29, 1.82) is 0 Å². The van der Waals surface area contributed by atoms with Gasteiger partial charge in [0.25, 0.3) is 5.91 Å². The second-order valence-electron chi connectivity index (χ2n) is 4.56. The van der Waals surface area contributed by atoms with Crippen molar-refractivity contribution in [3.63, 3.8) is 0 Å². The minimum absolute atomic E-state index is 0.0214. The molecule has 0 N–H and O–H groups in total. The molecule has 19 heavy (non-hydrogen) atoms. The minimum Gasteiger partial charge on any atom is -0.291 e. The molecule has 0 aliphatic carbocycles. The summed E-state index contributed by atoms with van der Waals surface area (Å²) < 4.78 is 1.58. The van der Waals surface area contributed by atoms with Crippen LogP contribution in [0, 0.1) is 0 Å². The molecular weight excluding hydrogens is 234 g/mol. The molecule has 0 aliphatic heterocycles. The Bertz CT molecular complexity index is 511. The molecule has 0 saturated carbocycles. The van der Waals surface area contributed by atoms with Crippen LogP contribution in [0.4, 0.5) is 0 Å². The van der Waals surface area contributed by atoms with Gasteiger partial charge in [-0.1, -0.05) is 36.4 Å². The van der Waals surface area contributed by atoms with Gasteiger partial charge in [-0.05, 0) is 49.5 Å². The fourth-order valence-corrected chi connectivity index (χ4v) is 1.99. The van der Waals surface area contributed by atoms with Gasteiger partial charge in [0.05, 0.1) is 0 Å². The molecule has 2 nitrogen and oxygen atoms in total. The number of allylic oxidation sites excluding steroid dienone is 2. The summed E-state index contributed by atoms with van der Waals surface area (Å²) in [6.07, 6.45) is 11.5. The van der Waals surface area contributed by atoms with Crippen LogP contribution in [0.15, 0.2) is 67.0 Å². The SMILES string of the molecule is O=C(/C=C/CCCCc1ccccc1)n1cccc1. The molecule has 1 heterocycles. The summed E-state index contributed by atoms with van der Waals surface area (Å²) in [6.45, 7) is 0. The predicted molar refractivity (Wildman–Crippen MR) is 78.2 cm³/mol. The van der Waals surface area contributed by atoms with E-state index in [0.717, 1.165) is 25.7 Å². The van der Waals surface area contributed by atoms with Crippen molar-refractivity contribution in [2.75, 3.05) is 0 Å². The number of carbonyl (C=O) groups is 1. The summed E-state index contributed by atoms with van der Waals surface area (Å²) in [6, 6.07) is 14.2. The minimum atomic E-state index is 0.0214. The van der Waals surface area contributed by atoms with Crippen molar-refractivity contribution < 1.29 is 4.79 Å². The highest BCUT2D eigenvalue weighted by Gasteiger charge is 1.96. The van der Waals surface area contributed by atoms with Crippen molar-refractivity contribution in [2.24, 2.45) is 0 Å². The maximum absolute atomic E-state index is 11.6. The van der Waals surface area contributed by atoms with E-state index < -0.39 is 0 Å². The Labute approximate surface area is 114 Å². The van der Waals surface area contributed by atoms with Gasteiger partial charge >= 0.3 is 0 Å². The molecule has 0 unspecified atom stereocenters. The van der Waals surface area contributed by atoms with Gasteiger partial charge in [0.1, 0.15) is 0 Å². The molecular formula is C17H19NO. The van der Waals surface area contributed by atoms with E-state index >= 15 is 0 Å². The average Bonchev–Trinajstić information content (AvgIpc) is 2.98. The molecule has 1 aromatic heterocycles. The summed E-state index contributed by atoms with van der Waals surface area (Å²) >= 11 is 0. The van der Waals surface area contributed by atoms with Gasteiger partial charge in [-0.3, -0.25) is 9.36 Å². The maximum Gasteiger partial charge on any atom is 0.254 e. The molecule has 0 radical (unpaired) electrons. The fraction of sp³-hybridized carbons (Fsp3) is 0.235. The van der Waals surface area contributed by atoms with E-state index in [1.807, 2.05) is 24.3 Å². The zero-order valence-corrected chi connectivity index (χ0v) is 11.0. The number of rotatable bonds is 6. The fourth-order valence-electron chi connectivity index (χ4n) is 1.99. The molecule has 2 heteroatoms. The lowest BCUT2D eigenvalue weighted by Gasteiger charge is -1.99. The normalized spacial score (nSPS) is 10.9. The first-order valence-electron chi connectivity index (χ1n) is 6.74. The Morgan fingerprint density at radius 3 is 2.47 bits per heavy atom. The van der Waals surface area contributed by atoms with Crippen LogP contribution in [-0.2, 0) is 6.42 Å². The highest BCUT2D eigenvalue weighted by atomic mass is 16.1. The van der Waals surface area contributed by atoms with Crippen molar-refractivity contribution >= 4 is 5.91 Å². The summed E-state index contributed by atoms with van der Waals surface area (Å²) in [5, 5.41) is 0. The Morgan fingerprint density at radius 1 is 1.00 bits per heavy atom. The van der Waals surface area contributed by atoms with Crippen LogP contribution >= 0.6 is 0 Å². The van der Waals surface area contributed by atoms with Gasteiger partial charge in [-0.15, -0.1) is 0 Å². The lowest BCUT2D eigenvalue weighted by Crippen LogP contribution is -2.03. The van der Waals surface area contributed by atoms with E-state index in [2.05, 4.69) is 24.3 Å². The smallest absolute Gasteiger partial charge is 0.254 e. The number of benzene rings is 1. The number of aromatic nitrogens is 1.